The van der Waals surface area contributed by atoms with E-state index in [1.807, 2.05) is 49.4 Å². The van der Waals surface area contributed by atoms with Crippen molar-refractivity contribution in [3.8, 4) is 11.5 Å². The highest BCUT2D eigenvalue weighted by Crippen LogP contribution is 2.32. The second-order valence-corrected chi connectivity index (χ2v) is 4.49. The largest absolute Gasteiger partial charge is 0.457 e. The Morgan fingerprint density at radius 1 is 1.05 bits per heavy atom. The number of nitrogens with two attached hydrogens (primary N) is 1. The van der Waals surface area contributed by atoms with E-state index in [4.69, 9.17) is 10.5 Å². The molecule has 0 bridgehead atoms. The Morgan fingerprint density at radius 3 is 2.79 bits per heavy atom. The fraction of sp³-hybridized carbons (Fsp3) is 0.0625. The number of hydrogen-bond acceptors (Lipinski definition) is 3. The highest BCUT2D eigenvalue weighted by atomic mass is 16.5. The number of fused-ring (bicyclic) bond motifs is 1. The molecule has 19 heavy (non-hydrogen) atoms. The van der Waals surface area contributed by atoms with Gasteiger partial charge in [-0.1, -0.05) is 12.1 Å². The molecule has 0 fully saturated rings. The molecule has 1 aromatic heterocycles. The lowest BCUT2D eigenvalue weighted by Gasteiger charge is -2.10. The first-order valence-corrected chi connectivity index (χ1v) is 6.11. The summed E-state index contributed by atoms with van der Waals surface area (Å²) in [5.74, 6) is 1.61. The predicted octanol–water partition coefficient (Wildman–Crippen LogP) is 3.92. The Balaban J connectivity index is 2.09. The summed E-state index contributed by atoms with van der Waals surface area (Å²) < 4.78 is 5.94. The van der Waals surface area contributed by atoms with Gasteiger partial charge in [-0.15, -0.1) is 0 Å². The minimum absolute atomic E-state index is 0.708. The van der Waals surface area contributed by atoms with Gasteiger partial charge in [0.1, 0.15) is 11.5 Å². The molecule has 0 spiro atoms. The van der Waals surface area contributed by atoms with Crippen LogP contribution in [-0.2, 0) is 0 Å². The highest BCUT2D eigenvalue weighted by molar-refractivity contribution is 5.96. The van der Waals surface area contributed by atoms with Crippen LogP contribution >= 0.6 is 0 Å². The van der Waals surface area contributed by atoms with Crippen LogP contribution in [0, 0.1) is 6.92 Å². The zero-order valence-electron chi connectivity index (χ0n) is 10.6. The van der Waals surface area contributed by atoms with E-state index < -0.39 is 0 Å². The number of hydrogen-bond donors (Lipinski definition) is 1. The molecule has 3 rings (SSSR count). The molecular formula is C16H14N2O. The molecular weight excluding hydrogens is 236 g/mol. The summed E-state index contributed by atoms with van der Waals surface area (Å²) in [6, 6.07) is 13.6. The Morgan fingerprint density at radius 2 is 1.95 bits per heavy atom. The Labute approximate surface area is 111 Å². The van der Waals surface area contributed by atoms with Crippen LogP contribution in [0.3, 0.4) is 0 Å². The lowest BCUT2D eigenvalue weighted by Crippen LogP contribution is -1.91. The normalized spacial score (nSPS) is 10.6. The zero-order chi connectivity index (χ0) is 13.2. The van der Waals surface area contributed by atoms with E-state index in [0.717, 1.165) is 22.3 Å². The van der Waals surface area contributed by atoms with E-state index in [2.05, 4.69) is 4.98 Å². The van der Waals surface area contributed by atoms with E-state index >= 15 is 0 Å². The predicted molar refractivity (Wildman–Crippen MR) is 77.4 cm³/mol. The molecule has 3 heteroatoms. The van der Waals surface area contributed by atoms with Crippen LogP contribution in [0.5, 0.6) is 11.5 Å². The van der Waals surface area contributed by atoms with Crippen molar-refractivity contribution < 1.29 is 4.74 Å². The van der Waals surface area contributed by atoms with E-state index in [1.165, 1.54) is 5.56 Å². The van der Waals surface area contributed by atoms with Crippen molar-refractivity contribution in [1.29, 1.82) is 0 Å². The highest BCUT2D eigenvalue weighted by Gasteiger charge is 2.06. The topological polar surface area (TPSA) is 48.1 Å². The number of nitrogen functional groups attached to an aromatic ring is 1. The van der Waals surface area contributed by atoms with Crippen molar-refractivity contribution in [1.82, 2.24) is 4.98 Å². The fourth-order valence-electron chi connectivity index (χ4n) is 2.08. The molecule has 0 atom stereocenters. The third-order valence-corrected chi connectivity index (χ3v) is 3.03. The lowest BCUT2D eigenvalue weighted by atomic mass is 10.1. The van der Waals surface area contributed by atoms with E-state index in [-0.39, 0.29) is 0 Å². The van der Waals surface area contributed by atoms with Crippen molar-refractivity contribution in [2.24, 2.45) is 0 Å². The number of nitrogens with zero attached hydrogens (tertiary/aromatic N) is 1. The molecule has 0 radical (unpaired) electrons. The van der Waals surface area contributed by atoms with Gasteiger partial charge in [0, 0.05) is 28.9 Å². The number of anilines is 1. The smallest absolute Gasteiger partial charge is 0.135 e. The van der Waals surface area contributed by atoms with Crippen LogP contribution in [0.2, 0.25) is 0 Å². The Bertz CT molecular complexity index is 738. The van der Waals surface area contributed by atoms with E-state index in [9.17, 15) is 0 Å². The summed E-state index contributed by atoms with van der Waals surface area (Å²) in [5, 5.41) is 1.88. The van der Waals surface area contributed by atoms with E-state index in [0.29, 0.717) is 5.69 Å². The molecule has 0 saturated heterocycles. The molecule has 94 valence electrons. The van der Waals surface area contributed by atoms with Gasteiger partial charge in [-0.3, -0.25) is 4.98 Å². The maximum absolute atomic E-state index is 5.95. The number of rotatable bonds is 2. The minimum Gasteiger partial charge on any atom is -0.457 e. The van der Waals surface area contributed by atoms with Crippen molar-refractivity contribution >= 4 is 16.5 Å². The lowest BCUT2D eigenvalue weighted by molar-refractivity contribution is 0.488. The summed E-state index contributed by atoms with van der Waals surface area (Å²) in [6.45, 7) is 2.04. The molecule has 0 aliphatic heterocycles. The average molecular weight is 250 g/mol. The molecule has 2 aromatic carbocycles. The van der Waals surface area contributed by atoms with Gasteiger partial charge < -0.3 is 10.5 Å². The molecule has 3 aromatic rings. The first kappa shape index (κ1) is 11.5. The van der Waals surface area contributed by atoms with Gasteiger partial charge in [0.15, 0.2) is 0 Å². The summed E-state index contributed by atoms with van der Waals surface area (Å²) >= 11 is 0. The summed E-state index contributed by atoms with van der Waals surface area (Å²) in [5.41, 5.74) is 7.82. The number of aryl methyl sites for hydroxylation is 1. The van der Waals surface area contributed by atoms with Gasteiger partial charge in [-0.05, 0) is 42.8 Å². The zero-order valence-corrected chi connectivity index (χ0v) is 10.6. The van der Waals surface area contributed by atoms with Crippen LogP contribution in [0.1, 0.15) is 5.56 Å². The fourth-order valence-corrected chi connectivity index (χ4v) is 2.08. The quantitative estimate of drug-likeness (QED) is 0.701. The third kappa shape index (κ3) is 2.22. The monoisotopic (exact) mass is 250 g/mol. The van der Waals surface area contributed by atoms with Crippen molar-refractivity contribution in [2.75, 3.05) is 5.73 Å². The van der Waals surface area contributed by atoms with Crippen LogP contribution in [0.25, 0.3) is 10.8 Å². The Kier molecular flexibility index (Phi) is 2.80. The molecule has 0 unspecified atom stereocenters. The van der Waals surface area contributed by atoms with Crippen molar-refractivity contribution in [2.45, 2.75) is 6.92 Å². The molecule has 0 amide bonds. The van der Waals surface area contributed by atoms with Crippen LogP contribution in [0.4, 0.5) is 5.69 Å². The molecule has 0 saturated carbocycles. The Hall–Kier alpha value is -2.55. The summed E-state index contributed by atoms with van der Waals surface area (Å²) in [7, 11) is 0. The first-order valence-electron chi connectivity index (χ1n) is 6.11. The van der Waals surface area contributed by atoms with Gasteiger partial charge in [-0.25, -0.2) is 0 Å². The van der Waals surface area contributed by atoms with Gasteiger partial charge in [-0.2, -0.15) is 0 Å². The molecule has 1 heterocycles. The second-order valence-electron chi connectivity index (χ2n) is 4.49. The number of benzene rings is 2. The van der Waals surface area contributed by atoms with Gasteiger partial charge in [0.2, 0.25) is 0 Å². The number of ether oxygens (including phenoxy) is 1. The van der Waals surface area contributed by atoms with Crippen LogP contribution in [-0.4, -0.2) is 4.98 Å². The maximum Gasteiger partial charge on any atom is 0.135 e. The summed E-state index contributed by atoms with van der Waals surface area (Å²) in [4.78, 5) is 4.10. The van der Waals surface area contributed by atoms with Crippen LogP contribution in [0.15, 0.2) is 54.9 Å². The SMILES string of the molecule is Cc1cccc(Oc2ccc(N)c3cnccc23)c1. The average Bonchev–Trinajstić information content (AvgIpc) is 2.42. The third-order valence-electron chi connectivity index (χ3n) is 3.03. The van der Waals surface area contributed by atoms with Crippen molar-refractivity contribution in [3.05, 3.63) is 60.4 Å². The van der Waals surface area contributed by atoms with Crippen LogP contribution < -0.4 is 10.5 Å². The second kappa shape index (κ2) is 4.61. The number of pyridine rings is 1. The molecule has 3 nitrogen and oxygen atoms in total. The van der Waals surface area contributed by atoms with Gasteiger partial charge in [0.05, 0.1) is 0 Å². The molecule has 2 N–H and O–H groups in total. The van der Waals surface area contributed by atoms with Gasteiger partial charge in [0.25, 0.3) is 0 Å². The standard InChI is InChI=1S/C16H14N2O/c1-11-3-2-4-12(9-11)19-16-6-5-15(17)14-10-18-8-7-13(14)16/h2-10H,17H2,1H3. The van der Waals surface area contributed by atoms with Crippen molar-refractivity contribution in [3.63, 3.8) is 0 Å². The number of aromatic nitrogens is 1. The molecule has 0 aliphatic carbocycles. The first-order chi connectivity index (χ1) is 9.24. The molecule has 0 aliphatic rings. The van der Waals surface area contributed by atoms with Gasteiger partial charge >= 0.3 is 0 Å². The maximum atomic E-state index is 5.95. The summed E-state index contributed by atoms with van der Waals surface area (Å²) in [6.07, 6.45) is 3.50. The van der Waals surface area contributed by atoms with E-state index in [1.54, 1.807) is 12.4 Å². The minimum atomic E-state index is 0.708.